The van der Waals surface area contributed by atoms with Gasteiger partial charge in [-0.25, -0.2) is 8.42 Å². The van der Waals surface area contributed by atoms with Crippen LogP contribution in [0.3, 0.4) is 0 Å². The molecule has 1 fully saturated rings. The summed E-state index contributed by atoms with van der Waals surface area (Å²) >= 11 is 0. The third-order valence-electron chi connectivity index (χ3n) is 4.19. The minimum atomic E-state index is -3.11. The lowest BCUT2D eigenvalue weighted by Crippen LogP contribution is -2.39. The molecular weight excluding hydrogens is 479 g/mol. The van der Waals surface area contributed by atoms with Crippen LogP contribution >= 0.6 is 24.0 Å². The van der Waals surface area contributed by atoms with Gasteiger partial charge in [0.1, 0.15) is 0 Å². The van der Waals surface area contributed by atoms with Crippen LogP contribution in [0.25, 0.3) is 0 Å². The minimum Gasteiger partial charge on any atom is -0.379 e. The fourth-order valence-corrected chi connectivity index (χ4v) is 4.20. The fourth-order valence-electron chi connectivity index (χ4n) is 2.78. The highest BCUT2D eigenvalue weighted by Crippen LogP contribution is 2.07. The van der Waals surface area contributed by atoms with Gasteiger partial charge in [-0.3, -0.25) is 9.89 Å². The summed E-state index contributed by atoms with van der Waals surface area (Å²) in [5.74, 6) is 0.579. The smallest absolute Gasteiger partial charge is 0.188 e. The number of hydrogen-bond donors (Lipinski definition) is 2. The van der Waals surface area contributed by atoms with Gasteiger partial charge in [0.05, 0.1) is 24.7 Å². The van der Waals surface area contributed by atoms with Crippen LogP contribution in [-0.2, 0) is 20.3 Å². The van der Waals surface area contributed by atoms with Crippen LogP contribution in [0.5, 0.6) is 0 Å². The zero-order chi connectivity index (χ0) is 18.7. The summed E-state index contributed by atoms with van der Waals surface area (Å²) in [4.78, 5) is 6.58. The predicted octanol–water partition coefficient (Wildman–Crippen LogP) is 1.24. The Balaban J connectivity index is 0.00000364. The van der Waals surface area contributed by atoms with Crippen molar-refractivity contribution in [2.75, 3.05) is 51.7 Å². The number of aliphatic imine (C=N–C) groups is 1. The molecule has 1 aromatic carbocycles. The largest absolute Gasteiger partial charge is 0.379 e. The van der Waals surface area contributed by atoms with Gasteiger partial charge in [-0.2, -0.15) is 0 Å². The number of morpholine rings is 1. The molecule has 1 heterocycles. The molecule has 27 heavy (non-hydrogen) atoms. The van der Waals surface area contributed by atoms with Crippen LogP contribution in [0, 0.1) is 0 Å². The van der Waals surface area contributed by atoms with Crippen molar-refractivity contribution in [1.82, 2.24) is 10.2 Å². The number of rotatable bonds is 10. The van der Waals surface area contributed by atoms with Gasteiger partial charge in [-0.1, -0.05) is 30.3 Å². The van der Waals surface area contributed by atoms with Crippen molar-refractivity contribution in [1.29, 1.82) is 0 Å². The lowest BCUT2D eigenvalue weighted by atomic mass is 10.2. The highest BCUT2D eigenvalue weighted by atomic mass is 127. The normalized spacial score (nSPS) is 15.9. The second-order valence-electron chi connectivity index (χ2n) is 6.43. The SMILES string of the molecule is I.NC(=NCCCS(=O)(=O)Cc1ccccc1)NCCCN1CCOCC1. The molecule has 0 bridgehead atoms. The van der Waals surface area contributed by atoms with Crippen LogP contribution < -0.4 is 11.1 Å². The van der Waals surface area contributed by atoms with E-state index in [-0.39, 0.29) is 35.5 Å². The highest BCUT2D eigenvalue weighted by Gasteiger charge is 2.11. The first kappa shape index (κ1) is 24.1. The zero-order valence-electron chi connectivity index (χ0n) is 15.7. The standard InChI is InChI=1S/C18H30N4O3S.HI/c19-18(20-8-4-10-22-11-13-25-14-12-22)21-9-5-15-26(23,24)16-17-6-2-1-3-7-17;/h1-3,6-7H,4-5,8-16H2,(H3,19,20,21);1H. The Morgan fingerprint density at radius 1 is 1.19 bits per heavy atom. The lowest BCUT2D eigenvalue weighted by Gasteiger charge is -2.26. The van der Waals surface area contributed by atoms with Crippen LogP contribution in [-0.4, -0.2) is 71.0 Å². The minimum absolute atomic E-state index is 0. The first-order chi connectivity index (χ1) is 12.6. The van der Waals surface area contributed by atoms with Crippen LogP contribution in [0.4, 0.5) is 0 Å². The van der Waals surface area contributed by atoms with E-state index in [2.05, 4.69) is 15.2 Å². The van der Waals surface area contributed by atoms with E-state index in [1.165, 1.54) is 0 Å². The Morgan fingerprint density at radius 2 is 1.89 bits per heavy atom. The van der Waals surface area contributed by atoms with Crippen LogP contribution in [0.2, 0.25) is 0 Å². The molecule has 0 aliphatic carbocycles. The van der Waals surface area contributed by atoms with Gasteiger partial charge < -0.3 is 15.8 Å². The molecular formula is C18H31IN4O3S. The molecule has 0 radical (unpaired) electrons. The maximum absolute atomic E-state index is 12.1. The van der Waals surface area contributed by atoms with Gasteiger partial charge in [0, 0.05) is 26.2 Å². The third kappa shape index (κ3) is 10.9. The fraction of sp³-hybridized carbons (Fsp3) is 0.611. The molecule has 154 valence electrons. The van der Waals surface area contributed by atoms with Crippen molar-refractivity contribution in [2.24, 2.45) is 10.7 Å². The van der Waals surface area contributed by atoms with Crippen molar-refractivity contribution in [2.45, 2.75) is 18.6 Å². The molecule has 0 amide bonds. The van der Waals surface area contributed by atoms with E-state index >= 15 is 0 Å². The summed E-state index contributed by atoms with van der Waals surface area (Å²) in [6, 6.07) is 9.23. The second kappa shape index (κ2) is 13.3. The van der Waals surface area contributed by atoms with Gasteiger partial charge in [0.25, 0.3) is 0 Å². The van der Waals surface area contributed by atoms with Gasteiger partial charge in [-0.15, -0.1) is 24.0 Å². The maximum Gasteiger partial charge on any atom is 0.188 e. The van der Waals surface area contributed by atoms with Crippen LogP contribution in [0.1, 0.15) is 18.4 Å². The van der Waals surface area contributed by atoms with Gasteiger partial charge in [-0.05, 0) is 24.9 Å². The number of halogens is 1. The number of hydrogen-bond acceptors (Lipinski definition) is 5. The van der Waals surface area contributed by atoms with Crippen molar-refractivity contribution >= 4 is 39.8 Å². The molecule has 9 heteroatoms. The number of benzene rings is 1. The molecule has 0 unspecified atom stereocenters. The van der Waals surface area contributed by atoms with Crippen molar-refractivity contribution in [3.63, 3.8) is 0 Å². The Labute approximate surface area is 179 Å². The average molecular weight is 510 g/mol. The Bertz CT molecular complexity index is 650. The van der Waals surface area contributed by atoms with Gasteiger partial charge >= 0.3 is 0 Å². The molecule has 1 saturated heterocycles. The van der Waals surface area contributed by atoms with Gasteiger partial charge in [0.2, 0.25) is 0 Å². The molecule has 0 spiro atoms. The van der Waals surface area contributed by atoms with Crippen molar-refractivity contribution in [3.05, 3.63) is 35.9 Å². The molecule has 1 aliphatic heterocycles. The number of guanidine groups is 1. The van der Waals surface area contributed by atoms with E-state index in [9.17, 15) is 8.42 Å². The number of nitrogens with zero attached hydrogens (tertiary/aromatic N) is 2. The summed E-state index contributed by atoms with van der Waals surface area (Å²) in [6.45, 7) is 5.78. The quantitative estimate of drug-likeness (QED) is 0.213. The first-order valence-corrected chi connectivity index (χ1v) is 11.0. The molecule has 7 nitrogen and oxygen atoms in total. The number of nitrogens with one attached hydrogen (secondary N) is 1. The topological polar surface area (TPSA) is 97.0 Å². The van der Waals surface area contributed by atoms with Crippen molar-refractivity contribution < 1.29 is 13.2 Å². The Morgan fingerprint density at radius 3 is 2.59 bits per heavy atom. The molecule has 1 aromatic rings. The van der Waals surface area contributed by atoms with Crippen LogP contribution in [0.15, 0.2) is 35.3 Å². The predicted molar refractivity (Wildman–Crippen MR) is 120 cm³/mol. The van der Waals surface area contributed by atoms with Gasteiger partial charge in [0.15, 0.2) is 15.8 Å². The third-order valence-corrected chi connectivity index (χ3v) is 5.87. The summed E-state index contributed by atoms with van der Waals surface area (Å²) in [7, 11) is -3.11. The monoisotopic (exact) mass is 510 g/mol. The summed E-state index contributed by atoms with van der Waals surface area (Å²) < 4.78 is 29.5. The van der Waals surface area contributed by atoms with E-state index in [0.29, 0.717) is 18.9 Å². The Kier molecular flexibility index (Phi) is 11.9. The highest BCUT2D eigenvalue weighted by molar-refractivity contribution is 14.0. The first-order valence-electron chi connectivity index (χ1n) is 9.13. The molecule has 0 saturated carbocycles. The van der Waals surface area contributed by atoms with E-state index in [4.69, 9.17) is 10.5 Å². The number of ether oxygens (including phenoxy) is 1. The summed E-state index contributed by atoms with van der Waals surface area (Å²) in [6.07, 6.45) is 1.47. The molecule has 0 atom stereocenters. The van der Waals surface area contributed by atoms with Crippen molar-refractivity contribution in [3.8, 4) is 0 Å². The lowest BCUT2D eigenvalue weighted by molar-refractivity contribution is 0.0376. The number of nitrogens with two attached hydrogens (primary N) is 1. The molecule has 1 aliphatic rings. The molecule has 2 rings (SSSR count). The average Bonchev–Trinajstić information content (AvgIpc) is 2.64. The van der Waals surface area contributed by atoms with E-state index in [1.54, 1.807) is 0 Å². The van der Waals surface area contributed by atoms with E-state index in [1.807, 2.05) is 30.3 Å². The summed E-state index contributed by atoms with van der Waals surface area (Å²) in [5.41, 5.74) is 6.64. The summed E-state index contributed by atoms with van der Waals surface area (Å²) in [5, 5.41) is 3.08. The Hall–Kier alpha value is -0.910. The zero-order valence-corrected chi connectivity index (χ0v) is 18.8. The second-order valence-corrected chi connectivity index (χ2v) is 8.62. The molecule has 0 aromatic heterocycles. The molecule has 3 N–H and O–H groups in total. The number of sulfone groups is 1. The van der Waals surface area contributed by atoms with E-state index in [0.717, 1.165) is 51.4 Å². The maximum atomic E-state index is 12.1. The van der Waals surface area contributed by atoms with E-state index < -0.39 is 9.84 Å².